The molecule has 3 aromatic rings. The second-order valence-corrected chi connectivity index (χ2v) is 8.80. The quantitative estimate of drug-likeness (QED) is 0.239. The molecule has 0 saturated heterocycles. The maximum atomic E-state index is 13.5. The maximum absolute atomic E-state index is 13.5. The van der Waals surface area contributed by atoms with Gasteiger partial charge in [0, 0.05) is 25.1 Å². The number of nitro groups is 1. The molecule has 1 aliphatic carbocycles. The van der Waals surface area contributed by atoms with Crippen LogP contribution in [0.25, 0.3) is 10.2 Å². The van der Waals surface area contributed by atoms with Crippen molar-refractivity contribution >= 4 is 39.0 Å². The third-order valence-corrected chi connectivity index (χ3v) is 7.08. The number of nitrogens with zero attached hydrogens (tertiary/aromatic N) is 3. The number of thiophene rings is 1. The molecule has 2 heterocycles. The van der Waals surface area contributed by atoms with E-state index in [9.17, 15) is 19.3 Å². The maximum Gasteiger partial charge on any atom is 0.286 e. The fraction of sp³-hybridized carbons (Fsp3) is 0.368. The number of methoxy groups -OCH3 is 1. The minimum absolute atomic E-state index is 0.127. The van der Waals surface area contributed by atoms with Crippen LogP contribution in [0.5, 0.6) is 0 Å². The summed E-state index contributed by atoms with van der Waals surface area (Å²) in [6.07, 6.45) is 3.47. The Bertz CT molecular complexity index is 1160. The standard InChI is InChI=1S/C19H18FN3O4S2/c1-27-9-3-8-22-18(24)16-12-4-2-5-14(12)28-17(16)21-19(22)29-15-7-6-11(20)10-13(15)23(25)26/h6-7,10H,2-5,8-9H2,1H3. The van der Waals surface area contributed by atoms with Gasteiger partial charge in [-0.2, -0.15) is 0 Å². The minimum Gasteiger partial charge on any atom is -0.385 e. The van der Waals surface area contributed by atoms with Crippen molar-refractivity contribution in [2.75, 3.05) is 13.7 Å². The van der Waals surface area contributed by atoms with Crippen LogP contribution in [-0.2, 0) is 24.1 Å². The first kappa shape index (κ1) is 20.0. The van der Waals surface area contributed by atoms with Gasteiger partial charge >= 0.3 is 0 Å². The molecule has 0 saturated carbocycles. The fourth-order valence-electron chi connectivity index (χ4n) is 3.52. The van der Waals surface area contributed by atoms with E-state index in [0.717, 1.165) is 42.7 Å². The van der Waals surface area contributed by atoms with Crippen molar-refractivity contribution in [2.24, 2.45) is 0 Å². The van der Waals surface area contributed by atoms with E-state index in [1.165, 1.54) is 28.3 Å². The molecule has 0 N–H and O–H groups in total. The number of nitro benzene ring substituents is 1. The largest absolute Gasteiger partial charge is 0.385 e. The summed E-state index contributed by atoms with van der Waals surface area (Å²) in [7, 11) is 1.59. The number of ether oxygens (including phenoxy) is 1. The van der Waals surface area contributed by atoms with E-state index in [0.29, 0.717) is 34.9 Å². The van der Waals surface area contributed by atoms with E-state index in [1.54, 1.807) is 11.7 Å². The van der Waals surface area contributed by atoms with E-state index in [4.69, 9.17) is 4.74 Å². The number of fused-ring (bicyclic) bond motifs is 3. The highest BCUT2D eigenvalue weighted by Gasteiger charge is 2.25. The van der Waals surface area contributed by atoms with Crippen LogP contribution in [0, 0.1) is 15.9 Å². The van der Waals surface area contributed by atoms with Crippen molar-refractivity contribution in [1.29, 1.82) is 0 Å². The van der Waals surface area contributed by atoms with Gasteiger partial charge in [-0.25, -0.2) is 9.37 Å². The van der Waals surface area contributed by atoms with Crippen LogP contribution in [0.1, 0.15) is 23.3 Å². The summed E-state index contributed by atoms with van der Waals surface area (Å²) in [6, 6.07) is 3.40. The van der Waals surface area contributed by atoms with Crippen molar-refractivity contribution in [1.82, 2.24) is 9.55 Å². The molecule has 29 heavy (non-hydrogen) atoms. The zero-order chi connectivity index (χ0) is 20.5. The van der Waals surface area contributed by atoms with Gasteiger partial charge in [0.05, 0.1) is 21.3 Å². The van der Waals surface area contributed by atoms with Gasteiger partial charge in [-0.05, 0) is 55.1 Å². The van der Waals surface area contributed by atoms with Gasteiger partial charge in [-0.3, -0.25) is 19.5 Å². The topological polar surface area (TPSA) is 87.3 Å². The van der Waals surface area contributed by atoms with Crippen LogP contribution >= 0.6 is 23.1 Å². The molecule has 10 heteroatoms. The van der Waals surface area contributed by atoms with Crippen LogP contribution in [0.15, 0.2) is 33.0 Å². The Morgan fingerprint density at radius 3 is 3.00 bits per heavy atom. The zero-order valence-electron chi connectivity index (χ0n) is 15.6. The lowest BCUT2D eigenvalue weighted by Crippen LogP contribution is -2.24. The number of rotatable bonds is 7. The van der Waals surface area contributed by atoms with Gasteiger partial charge < -0.3 is 4.74 Å². The van der Waals surface area contributed by atoms with Crippen LogP contribution in [0.4, 0.5) is 10.1 Å². The zero-order valence-corrected chi connectivity index (χ0v) is 17.3. The molecule has 0 spiro atoms. The first-order valence-corrected chi connectivity index (χ1v) is 10.8. The summed E-state index contributed by atoms with van der Waals surface area (Å²) in [5.41, 5.74) is 0.617. The normalized spacial score (nSPS) is 13.2. The van der Waals surface area contributed by atoms with Crippen LogP contribution in [0.2, 0.25) is 0 Å². The van der Waals surface area contributed by atoms with Crippen molar-refractivity contribution in [3.05, 3.63) is 54.9 Å². The average molecular weight is 436 g/mol. The van der Waals surface area contributed by atoms with Gasteiger partial charge in [0.25, 0.3) is 11.2 Å². The Balaban J connectivity index is 1.84. The first-order valence-electron chi connectivity index (χ1n) is 9.15. The Labute approximate surface area is 173 Å². The molecule has 0 unspecified atom stereocenters. The number of halogens is 1. The van der Waals surface area contributed by atoms with E-state index in [2.05, 4.69) is 4.98 Å². The van der Waals surface area contributed by atoms with Gasteiger partial charge in [0.15, 0.2) is 5.16 Å². The molecule has 7 nitrogen and oxygen atoms in total. The van der Waals surface area contributed by atoms with E-state index in [1.807, 2.05) is 0 Å². The average Bonchev–Trinajstić information content (AvgIpc) is 3.26. The summed E-state index contributed by atoms with van der Waals surface area (Å²) < 4.78 is 20.2. The Morgan fingerprint density at radius 1 is 1.41 bits per heavy atom. The molecule has 0 bridgehead atoms. The summed E-state index contributed by atoms with van der Waals surface area (Å²) in [5.74, 6) is -0.684. The molecular formula is C19H18FN3O4S2. The number of hydrogen-bond acceptors (Lipinski definition) is 7. The van der Waals surface area contributed by atoms with Gasteiger partial charge in [-0.15, -0.1) is 11.3 Å². The van der Waals surface area contributed by atoms with Crippen molar-refractivity contribution in [3.8, 4) is 0 Å². The predicted octanol–water partition coefficient (Wildman–Crippen LogP) is 4.18. The lowest BCUT2D eigenvalue weighted by molar-refractivity contribution is -0.387. The molecule has 0 atom stereocenters. The highest BCUT2D eigenvalue weighted by atomic mass is 32.2. The summed E-state index contributed by atoms with van der Waals surface area (Å²) >= 11 is 2.53. The molecule has 4 rings (SSSR count). The molecule has 1 aromatic carbocycles. The van der Waals surface area contributed by atoms with Crippen molar-refractivity contribution in [2.45, 2.75) is 42.3 Å². The van der Waals surface area contributed by atoms with Crippen molar-refractivity contribution in [3.63, 3.8) is 0 Å². The molecule has 152 valence electrons. The molecule has 0 aliphatic heterocycles. The Hall–Kier alpha value is -2.30. The lowest BCUT2D eigenvalue weighted by Gasteiger charge is -2.12. The van der Waals surface area contributed by atoms with Crippen LogP contribution < -0.4 is 5.56 Å². The molecular weight excluding hydrogens is 417 g/mol. The van der Waals surface area contributed by atoms with E-state index in [-0.39, 0.29) is 16.1 Å². The molecule has 0 fully saturated rings. The summed E-state index contributed by atoms with van der Waals surface area (Å²) in [4.78, 5) is 30.8. The Morgan fingerprint density at radius 2 is 2.24 bits per heavy atom. The molecule has 0 amide bonds. The summed E-state index contributed by atoms with van der Waals surface area (Å²) in [6.45, 7) is 0.866. The minimum atomic E-state index is -0.684. The van der Waals surface area contributed by atoms with E-state index < -0.39 is 10.7 Å². The Kier molecular flexibility index (Phi) is 5.66. The summed E-state index contributed by atoms with van der Waals surface area (Å²) in [5, 5.41) is 12.4. The monoisotopic (exact) mass is 435 g/mol. The fourth-order valence-corrected chi connectivity index (χ4v) is 5.82. The third-order valence-electron chi connectivity index (χ3n) is 4.84. The number of benzene rings is 1. The van der Waals surface area contributed by atoms with Crippen LogP contribution in [0.3, 0.4) is 0 Å². The highest BCUT2D eigenvalue weighted by Crippen LogP contribution is 2.38. The van der Waals surface area contributed by atoms with Crippen molar-refractivity contribution < 1.29 is 14.1 Å². The lowest BCUT2D eigenvalue weighted by atomic mass is 10.2. The van der Waals surface area contributed by atoms with Gasteiger partial charge in [0.1, 0.15) is 10.6 Å². The molecule has 1 aliphatic rings. The number of aryl methyl sites for hydroxylation is 2. The smallest absolute Gasteiger partial charge is 0.286 e. The molecule has 2 aromatic heterocycles. The van der Waals surface area contributed by atoms with Gasteiger partial charge in [-0.1, -0.05) is 0 Å². The van der Waals surface area contributed by atoms with Crippen LogP contribution in [-0.4, -0.2) is 28.2 Å². The number of hydrogen-bond donors (Lipinski definition) is 0. The predicted molar refractivity (Wildman–Crippen MR) is 110 cm³/mol. The third kappa shape index (κ3) is 3.79. The van der Waals surface area contributed by atoms with Gasteiger partial charge in [0.2, 0.25) is 0 Å². The molecule has 0 radical (unpaired) electrons. The first-order chi connectivity index (χ1) is 14.0. The van der Waals surface area contributed by atoms with E-state index >= 15 is 0 Å². The SMILES string of the molecule is COCCCn1c(Sc2ccc(F)cc2[N+](=O)[O-])nc2sc3c(c2c1=O)CCC3. The highest BCUT2D eigenvalue weighted by molar-refractivity contribution is 7.99. The second-order valence-electron chi connectivity index (χ2n) is 6.71. The number of aromatic nitrogens is 2. The second kappa shape index (κ2) is 8.21.